The quantitative estimate of drug-likeness (QED) is 0.825. The fourth-order valence-electron chi connectivity index (χ4n) is 4.33. The summed E-state index contributed by atoms with van der Waals surface area (Å²) in [5.41, 5.74) is 1.30. The highest BCUT2D eigenvalue weighted by Crippen LogP contribution is 2.30. The molecule has 2 fully saturated rings. The highest BCUT2D eigenvalue weighted by Gasteiger charge is 2.29. The SMILES string of the molecule is COc1ccc(CN2CCN([C@@H]3CCCC[C@@H]3C)CC2)cc1OC. The minimum Gasteiger partial charge on any atom is -0.493 e. The highest BCUT2D eigenvalue weighted by molar-refractivity contribution is 5.42. The predicted molar refractivity (Wildman–Crippen MR) is 97.8 cm³/mol. The third kappa shape index (κ3) is 4.04. The topological polar surface area (TPSA) is 24.9 Å². The Morgan fingerprint density at radius 1 is 0.958 bits per heavy atom. The van der Waals surface area contributed by atoms with Gasteiger partial charge in [0, 0.05) is 38.8 Å². The van der Waals surface area contributed by atoms with Crippen molar-refractivity contribution in [1.29, 1.82) is 0 Å². The van der Waals surface area contributed by atoms with Crippen LogP contribution >= 0.6 is 0 Å². The van der Waals surface area contributed by atoms with Gasteiger partial charge < -0.3 is 9.47 Å². The van der Waals surface area contributed by atoms with Gasteiger partial charge in [-0.05, 0) is 36.5 Å². The highest BCUT2D eigenvalue weighted by atomic mass is 16.5. The number of benzene rings is 1. The predicted octanol–water partition coefficient (Wildman–Crippen LogP) is 3.40. The first-order chi connectivity index (χ1) is 11.7. The van der Waals surface area contributed by atoms with E-state index in [9.17, 15) is 0 Å². The number of nitrogens with zero attached hydrogens (tertiary/aromatic N) is 2. The maximum Gasteiger partial charge on any atom is 0.161 e. The zero-order valence-corrected chi connectivity index (χ0v) is 15.5. The molecule has 1 aliphatic carbocycles. The molecule has 4 heteroatoms. The second-order valence-corrected chi connectivity index (χ2v) is 7.33. The zero-order valence-electron chi connectivity index (χ0n) is 15.5. The van der Waals surface area contributed by atoms with Crippen LogP contribution in [0.15, 0.2) is 18.2 Å². The Bertz CT molecular complexity index is 526. The van der Waals surface area contributed by atoms with Crippen molar-refractivity contribution in [2.75, 3.05) is 40.4 Å². The van der Waals surface area contributed by atoms with Gasteiger partial charge in [-0.2, -0.15) is 0 Å². The summed E-state index contributed by atoms with van der Waals surface area (Å²) in [5, 5.41) is 0. The Balaban J connectivity index is 1.53. The van der Waals surface area contributed by atoms with Gasteiger partial charge in [-0.15, -0.1) is 0 Å². The second-order valence-electron chi connectivity index (χ2n) is 7.33. The summed E-state index contributed by atoms with van der Waals surface area (Å²) >= 11 is 0. The second kappa shape index (κ2) is 8.21. The maximum absolute atomic E-state index is 5.42. The van der Waals surface area contributed by atoms with E-state index in [1.165, 1.54) is 44.3 Å². The summed E-state index contributed by atoms with van der Waals surface area (Å²) in [4.78, 5) is 5.31. The van der Waals surface area contributed by atoms with Gasteiger partial charge in [0.05, 0.1) is 14.2 Å². The minimum atomic E-state index is 0.803. The van der Waals surface area contributed by atoms with Gasteiger partial charge >= 0.3 is 0 Å². The fraction of sp³-hybridized carbons (Fsp3) is 0.700. The Morgan fingerprint density at radius 3 is 2.33 bits per heavy atom. The van der Waals surface area contributed by atoms with E-state index in [2.05, 4.69) is 28.9 Å². The van der Waals surface area contributed by atoms with Crippen LogP contribution in [0.2, 0.25) is 0 Å². The molecule has 134 valence electrons. The fourth-order valence-corrected chi connectivity index (χ4v) is 4.33. The average Bonchev–Trinajstić information content (AvgIpc) is 2.63. The molecule has 2 atom stereocenters. The van der Waals surface area contributed by atoms with Gasteiger partial charge in [0.25, 0.3) is 0 Å². The van der Waals surface area contributed by atoms with Crippen molar-refractivity contribution >= 4 is 0 Å². The van der Waals surface area contributed by atoms with Crippen molar-refractivity contribution in [3.05, 3.63) is 23.8 Å². The molecule has 0 bridgehead atoms. The number of hydrogen-bond donors (Lipinski definition) is 0. The van der Waals surface area contributed by atoms with E-state index in [0.717, 1.165) is 43.1 Å². The van der Waals surface area contributed by atoms with Crippen LogP contribution in [0.1, 0.15) is 38.2 Å². The van der Waals surface area contributed by atoms with Crippen LogP contribution < -0.4 is 9.47 Å². The molecule has 1 saturated carbocycles. The van der Waals surface area contributed by atoms with Gasteiger partial charge in [-0.25, -0.2) is 0 Å². The number of ether oxygens (including phenoxy) is 2. The molecule has 0 spiro atoms. The van der Waals surface area contributed by atoms with Gasteiger partial charge in [-0.1, -0.05) is 25.8 Å². The molecule has 0 amide bonds. The summed E-state index contributed by atoms with van der Waals surface area (Å²) in [6, 6.07) is 7.08. The summed E-state index contributed by atoms with van der Waals surface area (Å²) < 4.78 is 10.7. The van der Waals surface area contributed by atoms with E-state index >= 15 is 0 Å². The third-order valence-corrected chi connectivity index (χ3v) is 5.80. The number of methoxy groups -OCH3 is 2. The molecule has 0 aromatic heterocycles. The van der Waals surface area contributed by atoms with Crippen LogP contribution in [-0.2, 0) is 6.54 Å². The first kappa shape index (κ1) is 17.6. The molecule has 0 radical (unpaired) electrons. The molecule has 1 aromatic carbocycles. The molecule has 1 saturated heterocycles. The summed E-state index contributed by atoms with van der Waals surface area (Å²) in [7, 11) is 3.38. The van der Waals surface area contributed by atoms with Crippen LogP contribution in [-0.4, -0.2) is 56.2 Å². The Morgan fingerprint density at radius 2 is 1.67 bits per heavy atom. The van der Waals surface area contributed by atoms with Crippen LogP contribution in [0, 0.1) is 5.92 Å². The van der Waals surface area contributed by atoms with Crippen LogP contribution in [0.25, 0.3) is 0 Å². The molecule has 0 unspecified atom stereocenters. The normalized spacial score (nSPS) is 26.3. The first-order valence-corrected chi connectivity index (χ1v) is 9.38. The van der Waals surface area contributed by atoms with Gasteiger partial charge in [0.2, 0.25) is 0 Å². The summed E-state index contributed by atoms with van der Waals surface area (Å²) in [6.07, 6.45) is 5.66. The molecule has 0 N–H and O–H groups in total. The van der Waals surface area contributed by atoms with E-state index in [-0.39, 0.29) is 0 Å². The summed E-state index contributed by atoms with van der Waals surface area (Å²) in [6.45, 7) is 8.19. The standard InChI is InChI=1S/C20H32N2O2/c1-16-6-4-5-7-18(16)22-12-10-21(11-13-22)15-17-8-9-19(23-2)20(14-17)24-3/h8-9,14,16,18H,4-7,10-13,15H2,1-3H3/t16-,18+/m0/s1. The maximum atomic E-state index is 5.42. The van der Waals surface area contributed by atoms with E-state index in [4.69, 9.17) is 9.47 Å². The number of piperazine rings is 1. The van der Waals surface area contributed by atoms with Crippen LogP contribution in [0.4, 0.5) is 0 Å². The third-order valence-electron chi connectivity index (χ3n) is 5.80. The smallest absolute Gasteiger partial charge is 0.161 e. The minimum absolute atomic E-state index is 0.803. The molecule has 1 aliphatic heterocycles. The van der Waals surface area contributed by atoms with Crippen LogP contribution in [0.3, 0.4) is 0 Å². The van der Waals surface area contributed by atoms with Gasteiger partial charge in [0.1, 0.15) is 0 Å². The lowest BCUT2D eigenvalue weighted by molar-refractivity contribution is 0.0518. The Hall–Kier alpha value is -1.26. The van der Waals surface area contributed by atoms with Crippen molar-refractivity contribution < 1.29 is 9.47 Å². The molecule has 4 nitrogen and oxygen atoms in total. The largest absolute Gasteiger partial charge is 0.493 e. The molecule has 1 aromatic rings. The first-order valence-electron chi connectivity index (χ1n) is 9.38. The molecule has 3 rings (SSSR count). The molecular weight excluding hydrogens is 300 g/mol. The lowest BCUT2D eigenvalue weighted by atomic mass is 9.84. The Kier molecular flexibility index (Phi) is 6.01. The van der Waals surface area contributed by atoms with Crippen molar-refractivity contribution in [2.24, 2.45) is 5.92 Å². The van der Waals surface area contributed by atoms with Crippen molar-refractivity contribution in [3.63, 3.8) is 0 Å². The van der Waals surface area contributed by atoms with Crippen molar-refractivity contribution in [2.45, 2.75) is 45.2 Å². The number of hydrogen-bond acceptors (Lipinski definition) is 4. The van der Waals surface area contributed by atoms with Gasteiger partial charge in [0.15, 0.2) is 11.5 Å². The van der Waals surface area contributed by atoms with E-state index in [1.807, 2.05) is 6.07 Å². The lowest BCUT2D eigenvalue weighted by Gasteiger charge is -2.43. The number of rotatable bonds is 5. The van der Waals surface area contributed by atoms with E-state index < -0.39 is 0 Å². The molecule has 24 heavy (non-hydrogen) atoms. The molecular formula is C20H32N2O2. The van der Waals surface area contributed by atoms with E-state index in [1.54, 1.807) is 14.2 Å². The Labute approximate surface area is 146 Å². The van der Waals surface area contributed by atoms with Crippen molar-refractivity contribution in [1.82, 2.24) is 9.80 Å². The molecule has 2 aliphatic rings. The molecule has 1 heterocycles. The average molecular weight is 332 g/mol. The van der Waals surface area contributed by atoms with E-state index in [0.29, 0.717) is 0 Å². The van der Waals surface area contributed by atoms with Gasteiger partial charge in [-0.3, -0.25) is 9.80 Å². The lowest BCUT2D eigenvalue weighted by Crippen LogP contribution is -2.52. The monoisotopic (exact) mass is 332 g/mol. The van der Waals surface area contributed by atoms with Crippen molar-refractivity contribution in [3.8, 4) is 11.5 Å². The zero-order chi connectivity index (χ0) is 16.9. The summed E-state index contributed by atoms with van der Waals surface area (Å²) in [5.74, 6) is 2.50. The van der Waals surface area contributed by atoms with Crippen LogP contribution in [0.5, 0.6) is 11.5 Å².